The number of nitrogens with one attached hydrogen (secondary N) is 1. The average molecular weight is 210 g/mol. The molecule has 2 unspecified atom stereocenters. The lowest BCUT2D eigenvalue weighted by atomic mass is 10.00. The predicted octanol–water partition coefficient (Wildman–Crippen LogP) is 2.42. The maximum absolute atomic E-state index is 3.90. The van der Waals surface area contributed by atoms with E-state index in [-0.39, 0.29) is 0 Å². The van der Waals surface area contributed by atoms with E-state index in [4.69, 9.17) is 0 Å². The van der Waals surface area contributed by atoms with Crippen molar-refractivity contribution in [3.8, 4) is 0 Å². The third-order valence-corrected chi connectivity index (χ3v) is 3.34. The first kappa shape index (κ1) is 12.7. The second kappa shape index (κ2) is 7.02. The van der Waals surface area contributed by atoms with E-state index < -0.39 is 0 Å². The van der Waals surface area contributed by atoms with Crippen molar-refractivity contribution in [2.24, 2.45) is 0 Å². The molecule has 2 heteroatoms. The lowest BCUT2D eigenvalue weighted by molar-refractivity contribution is 0.123. The number of rotatable bonds is 6. The van der Waals surface area contributed by atoms with Gasteiger partial charge in [-0.25, -0.2) is 0 Å². The largest absolute Gasteiger partial charge is 0.315 e. The number of hydrogen-bond acceptors (Lipinski definition) is 2. The van der Waals surface area contributed by atoms with E-state index in [1.54, 1.807) is 0 Å². The fourth-order valence-corrected chi connectivity index (χ4v) is 2.36. The number of piperidine rings is 1. The Bertz CT molecular complexity index is 179. The molecule has 0 amide bonds. The molecule has 1 heterocycles. The van der Waals surface area contributed by atoms with E-state index in [1.807, 2.05) is 0 Å². The minimum absolute atomic E-state index is 0.527. The molecule has 0 spiro atoms. The van der Waals surface area contributed by atoms with Gasteiger partial charge in [-0.2, -0.15) is 0 Å². The summed E-state index contributed by atoms with van der Waals surface area (Å²) in [7, 11) is 0. The van der Waals surface area contributed by atoms with Gasteiger partial charge in [-0.3, -0.25) is 4.90 Å². The first-order valence-electron chi connectivity index (χ1n) is 6.38. The van der Waals surface area contributed by atoms with Crippen molar-refractivity contribution in [3.63, 3.8) is 0 Å². The molecule has 88 valence electrons. The SMILES string of the molecule is C=CC(C)N1CCCCC1CNCCC. The van der Waals surface area contributed by atoms with Gasteiger partial charge in [0.05, 0.1) is 0 Å². The summed E-state index contributed by atoms with van der Waals surface area (Å²) in [4.78, 5) is 2.60. The van der Waals surface area contributed by atoms with Gasteiger partial charge in [0, 0.05) is 18.6 Å². The van der Waals surface area contributed by atoms with Crippen molar-refractivity contribution in [1.29, 1.82) is 0 Å². The van der Waals surface area contributed by atoms with Crippen molar-refractivity contribution in [2.45, 2.75) is 51.6 Å². The van der Waals surface area contributed by atoms with Gasteiger partial charge in [-0.05, 0) is 39.3 Å². The minimum Gasteiger partial charge on any atom is -0.315 e. The van der Waals surface area contributed by atoms with Crippen LogP contribution in [0.15, 0.2) is 12.7 Å². The maximum atomic E-state index is 3.90. The fourth-order valence-electron chi connectivity index (χ4n) is 2.36. The summed E-state index contributed by atoms with van der Waals surface area (Å²) in [6.07, 6.45) is 7.37. The number of nitrogens with zero attached hydrogens (tertiary/aromatic N) is 1. The normalized spacial score (nSPS) is 25.1. The van der Waals surface area contributed by atoms with E-state index in [1.165, 1.54) is 32.2 Å². The third kappa shape index (κ3) is 3.96. The highest BCUT2D eigenvalue weighted by molar-refractivity contribution is 4.90. The highest BCUT2D eigenvalue weighted by Gasteiger charge is 2.24. The van der Waals surface area contributed by atoms with E-state index in [0.29, 0.717) is 6.04 Å². The molecule has 1 saturated heterocycles. The molecule has 1 aliphatic rings. The molecule has 0 aromatic carbocycles. The molecule has 1 fully saturated rings. The summed E-state index contributed by atoms with van der Waals surface area (Å²) < 4.78 is 0. The summed E-state index contributed by atoms with van der Waals surface area (Å²) in [5, 5.41) is 3.54. The van der Waals surface area contributed by atoms with Gasteiger partial charge < -0.3 is 5.32 Å². The van der Waals surface area contributed by atoms with Crippen LogP contribution in [-0.4, -0.2) is 36.6 Å². The molecule has 15 heavy (non-hydrogen) atoms. The first-order chi connectivity index (χ1) is 7.29. The summed E-state index contributed by atoms with van der Waals surface area (Å²) in [6, 6.07) is 1.25. The predicted molar refractivity (Wildman–Crippen MR) is 67.2 cm³/mol. The Balaban J connectivity index is 2.38. The highest BCUT2D eigenvalue weighted by atomic mass is 15.2. The van der Waals surface area contributed by atoms with Gasteiger partial charge in [-0.15, -0.1) is 6.58 Å². The molecule has 0 bridgehead atoms. The molecule has 1 N–H and O–H groups in total. The summed E-state index contributed by atoms with van der Waals surface area (Å²) in [6.45, 7) is 11.9. The Morgan fingerprint density at radius 2 is 2.33 bits per heavy atom. The second-order valence-electron chi connectivity index (χ2n) is 4.57. The van der Waals surface area contributed by atoms with E-state index in [9.17, 15) is 0 Å². The zero-order valence-electron chi connectivity index (χ0n) is 10.3. The lowest BCUT2D eigenvalue weighted by Crippen LogP contribution is -2.49. The Labute approximate surface area is 94.7 Å². The molecule has 0 aliphatic carbocycles. The standard InChI is InChI=1S/C13H26N2/c1-4-9-14-11-13-8-6-7-10-15(13)12(3)5-2/h5,12-14H,2,4,6-11H2,1,3H3. The van der Waals surface area contributed by atoms with Crippen LogP contribution < -0.4 is 5.32 Å². The van der Waals surface area contributed by atoms with Crippen LogP contribution in [0.25, 0.3) is 0 Å². The van der Waals surface area contributed by atoms with Crippen molar-refractivity contribution < 1.29 is 0 Å². The minimum atomic E-state index is 0.527. The van der Waals surface area contributed by atoms with Crippen LogP contribution in [0.4, 0.5) is 0 Å². The van der Waals surface area contributed by atoms with Crippen molar-refractivity contribution >= 4 is 0 Å². The maximum Gasteiger partial charge on any atom is 0.0250 e. The Morgan fingerprint density at radius 3 is 3.00 bits per heavy atom. The molecule has 1 rings (SSSR count). The van der Waals surface area contributed by atoms with E-state index in [0.717, 1.165) is 19.1 Å². The van der Waals surface area contributed by atoms with Crippen LogP contribution >= 0.6 is 0 Å². The third-order valence-electron chi connectivity index (χ3n) is 3.34. The molecular weight excluding hydrogens is 184 g/mol. The lowest BCUT2D eigenvalue weighted by Gasteiger charge is -2.39. The van der Waals surface area contributed by atoms with E-state index >= 15 is 0 Å². The van der Waals surface area contributed by atoms with Crippen LogP contribution in [0.1, 0.15) is 39.5 Å². The van der Waals surface area contributed by atoms with Crippen LogP contribution in [0, 0.1) is 0 Å². The molecule has 0 aromatic rings. The second-order valence-corrected chi connectivity index (χ2v) is 4.57. The van der Waals surface area contributed by atoms with Crippen LogP contribution in [0.3, 0.4) is 0 Å². The van der Waals surface area contributed by atoms with Gasteiger partial charge in [0.15, 0.2) is 0 Å². The first-order valence-corrected chi connectivity index (χ1v) is 6.38. The monoisotopic (exact) mass is 210 g/mol. The molecule has 0 aromatic heterocycles. The Kier molecular flexibility index (Phi) is 5.96. The molecule has 2 atom stereocenters. The van der Waals surface area contributed by atoms with Gasteiger partial charge in [-0.1, -0.05) is 19.4 Å². The smallest absolute Gasteiger partial charge is 0.0250 e. The quantitative estimate of drug-likeness (QED) is 0.535. The summed E-state index contributed by atoms with van der Waals surface area (Å²) in [5.74, 6) is 0. The molecule has 2 nitrogen and oxygen atoms in total. The molecule has 0 radical (unpaired) electrons. The van der Waals surface area contributed by atoms with Crippen LogP contribution in [0.5, 0.6) is 0 Å². The number of hydrogen-bond donors (Lipinski definition) is 1. The molecule has 1 aliphatic heterocycles. The van der Waals surface area contributed by atoms with Gasteiger partial charge >= 0.3 is 0 Å². The topological polar surface area (TPSA) is 15.3 Å². The van der Waals surface area contributed by atoms with Gasteiger partial charge in [0.2, 0.25) is 0 Å². The fraction of sp³-hybridized carbons (Fsp3) is 0.846. The summed E-state index contributed by atoms with van der Waals surface area (Å²) in [5.41, 5.74) is 0. The Hall–Kier alpha value is -0.340. The Morgan fingerprint density at radius 1 is 1.53 bits per heavy atom. The zero-order valence-corrected chi connectivity index (χ0v) is 10.3. The van der Waals surface area contributed by atoms with Crippen molar-refractivity contribution in [3.05, 3.63) is 12.7 Å². The van der Waals surface area contributed by atoms with Crippen LogP contribution in [-0.2, 0) is 0 Å². The highest BCUT2D eigenvalue weighted by Crippen LogP contribution is 2.19. The van der Waals surface area contributed by atoms with Gasteiger partial charge in [0.25, 0.3) is 0 Å². The van der Waals surface area contributed by atoms with Crippen molar-refractivity contribution in [2.75, 3.05) is 19.6 Å². The molecule has 0 saturated carbocycles. The zero-order chi connectivity index (χ0) is 11.1. The number of likely N-dealkylation sites (tertiary alicyclic amines) is 1. The van der Waals surface area contributed by atoms with Gasteiger partial charge in [0.1, 0.15) is 0 Å². The molecular formula is C13H26N2. The summed E-state index contributed by atoms with van der Waals surface area (Å²) >= 11 is 0. The average Bonchev–Trinajstić information content (AvgIpc) is 2.29. The van der Waals surface area contributed by atoms with E-state index in [2.05, 4.69) is 36.7 Å². The van der Waals surface area contributed by atoms with Crippen molar-refractivity contribution in [1.82, 2.24) is 10.2 Å². The van der Waals surface area contributed by atoms with Crippen LogP contribution in [0.2, 0.25) is 0 Å².